The van der Waals surface area contributed by atoms with Crippen LogP contribution >= 0.6 is 0 Å². The lowest BCUT2D eigenvalue weighted by Crippen LogP contribution is -2.41. The second kappa shape index (κ2) is 8.32. The van der Waals surface area contributed by atoms with Crippen molar-refractivity contribution in [2.24, 2.45) is 11.8 Å². The van der Waals surface area contributed by atoms with Crippen molar-refractivity contribution in [2.75, 3.05) is 19.8 Å². The van der Waals surface area contributed by atoms with Crippen molar-refractivity contribution in [3.63, 3.8) is 0 Å². The Hall–Kier alpha value is -0.160. The number of rotatable bonds is 7. The van der Waals surface area contributed by atoms with Crippen LogP contribution in [-0.4, -0.2) is 48.2 Å². The van der Waals surface area contributed by atoms with Gasteiger partial charge in [-0.2, -0.15) is 0 Å². The first-order valence-corrected chi connectivity index (χ1v) is 8.34. The molecule has 0 amide bonds. The summed E-state index contributed by atoms with van der Waals surface area (Å²) in [5.41, 5.74) is 0. The highest BCUT2D eigenvalue weighted by atomic mass is 16.5. The maximum Gasteiger partial charge on any atom is 0.0897 e. The van der Waals surface area contributed by atoms with E-state index in [9.17, 15) is 10.2 Å². The molecule has 2 rings (SSSR count). The molecule has 0 spiro atoms. The Morgan fingerprint density at radius 1 is 1.15 bits per heavy atom. The SMILES string of the molecule is CC1CCCCC1OCC(O)CNC1CCCC1CO. The van der Waals surface area contributed by atoms with Gasteiger partial charge in [0.2, 0.25) is 0 Å². The minimum atomic E-state index is -0.441. The second-order valence-corrected chi connectivity index (χ2v) is 6.68. The average Bonchev–Trinajstić information content (AvgIpc) is 2.91. The molecule has 0 saturated heterocycles. The smallest absolute Gasteiger partial charge is 0.0897 e. The van der Waals surface area contributed by atoms with Crippen molar-refractivity contribution in [1.29, 1.82) is 0 Å². The Morgan fingerprint density at radius 2 is 1.95 bits per heavy atom. The molecular formula is C16H31NO3. The van der Waals surface area contributed by atoms with Crippen LogP contribution < -0.4 is 5.32 Å². The van der Waals surface area contributed by atoms with Crippen LogP contribution in [0.15, 0.2) is 0 Å². The largest absolute Gasteiger partial charge is 0.396 e. The number of hydrogen-bond donors (Lipinski definition) is 3. The molecule has 0 aromatic rings. The van der Waals surface area contributed by atoms with Gasteiger partial charge in [0.15, 0.2) is 0 Å². The number of aliphatic hydroxyl groups excluding tert-OH is 2. The predicted octanol–water partition coefficient (Wildman–Crippen LogP) is 1.69. The second-order valence-electron chi connectivity index (χ2n) is 6.68. The van der Waals surface area contributed by atoms with E-state index in [0.29, 0.717) is 37.1 Å². The first kappa shape index (κ1) is 16.2. The van der Waals surface area contributed by atoms with Crippen LogP contribution in [0.4, 0.5) is 0 Å². The van der Waals surface area contributed by atoms with E-state index < -0.39 is 6.10 Å². The van der Waals surface area contributed by atoms with E-state index in [4.69, 9.17) is 4.74 Å². The van der Waals surface area contributed by atoms with E-state index in [1.807, 2.05) is 0 Å². The first-order chi connectivity index (χ1) is 9.70. The molecule has 0 aromatic heterocycles. The molecule has 2 saturated carbocycles. The van der Waals surface area contributed by atoms with E-state index in [1.54, 1.807) is 0 Å². The van der Waals surface area contributed by atoms with Crippen molar-refractivity contribution in [2.45, 2.75) is 70.1 Å². The molecule has 0 aliphatic heterocycles. The maximum absolute atomic E-state index is 10.0. The molecule has 5 unspecified atom stereocenters. The summed E-state index contributed by atoms with van der Waals surface area (Å²) in [4.78, 5) is 0. The predicted molar refractivity (Wildman–Crippen MR) is 79.6 cm³/mol. The van der Waals surface area contributed by atoms with Crippen LogP contribution in [0.1, 0.15) is 51.9 Å². The lowest BCUT2D eigenvalue weighted by molar-refractivity contribution is -0.0459. The third-order valence-corrected chi connectivity index (χ3v) is 5.04. The van der Waals surface area contributed by atoms with Gasteiger partial charge in [-0.25, -0.2) is 0 Å². The molecule has 0 heterocycles. The monoisotopic (exact) mass is 285 g/mol. The third-order valence-electron chi connectivity index (χ3n) is 5.04. The topological polar surface area (TPSA) is 61.7 Å². The van der Waals surface area contributed by atoms with E-state index in [0.717, 1.165) is 19.3 Å². The normalized spacial score (nSPS) is 36.1. The van der Waals surface area contributed by atoms with Crippen molar-refractivity contribution in [3.8, 4) is 0 Å². The number of nitrogens with one attached hydrogen (secondary N) is 1. The van der Waals surface area contributed by atoms with Crippen LogP contribution in [0.5, 0.6) is 0 Å². The Kier molecular flexibility index (Phi) is 6.75. The van der Waals surface area contributed by atoms with Crippen molar-refractivity contribution in [3.05, 3.63) is 0 Å². The summed E-state index contributed by atoms with van der Waals surface area (Å²) in [7, 11) is 0. The number of hydrogen-bond acceptors (Lipinski definition) is 4. The molecule has 20 heavy (non-hydrogen) atoms. The zero-order valence-corrected chi connectivity index (χ0v) is 12.8. The fraction of sp³-hybridized carbons (Fsp3) is 1.00. The average molecular weight is 285 g/mol. The van der Waals surface area contributed by atoms with E-state index in [-0.39, 0.29) is 6.61 Å². The molecule has 4 nitrogen and oxygen atoms in total. The van der Waals surface area contributed by atoms with Gasteiger partial charge in [0.25, 0.3) is 0 Å². The fourth-order valence-electron chi connectivity index (χ4n) is 3.63. The van der Waals surface area contributed by atoms with Crippen molar-refractivity contribution in [1.82, 2.24) is 5.32 Å². The van der Waals surface area contributed by atoms with E-state index >= 15 is 0 Å². The number of ether oxygens (including phenoxy) is 1. The lowest BCUT2D eigenvalue weighted by atomic mass is 9.88. The van der Waals surface area contributed by atoms with Crippen LogP contribution in [0.3, 0.4) is 0 Å². The molecule has 0 bridgehead atoms. The quantitative estimate of drug-likeness (QED) is 0.666. The maximum atomic E-state index is 10.0. The van der Waals surface area contributed by atoms with Gasteiger partial charge in [-0.15, -0.1) is 0 Å². The molecule has 0 radical (unpaired) electrons. The van der Waals surface area contributed by atoms with Gasteiger partial charge in [-0.1, -0.05) is 26.2 Å². The van der Waals surface area contributed by atoms with Gasteiger partial charge >= 0.3 is 0 Å². The Balaban J connectivity index is 1.61. The van der Waals surface area contributed by atoms with Crippen molar-refractivity contribution >= 4 is 0 Å². The summed E-state index contributed by atoms with van der Waals surface area (Å²) in [6.45, 7) is 3.50. The first-order valence-electron chi connectivity index (χ1n) is 8.34. The van der Waals surface area contributed by atoms with Crippen molar-refractivity contribution < 1.29 is 14.9 Å². The summed E-state index contributed by atoms with van der Waals surface area (Å²) < 4.78 is 5.89. The molecule has 118 valence electrons. The van der Waals surface area contributed by atoms with Gasteiger partial charge in [0.05, 0.1) is 18.8 Å². The molecule has 4 heteroatoms. The molecule has 2 aliphatic rings. The fourth-order valence-corrected chi connectivity index (χ4v) is 3.63. The highest BCUT2D eigenvalue weighted by Crippen LogP contribution is 2.27. The van der Waals surface area contributed by atoms with Gasteiger partial charge in [0, 0.05) is 19.2 Å². The van der Waals surface area contributed by atoms with Gasteiger partial charge in [-0.05, 0) is 37.5 Å². The minimum Gasteiger partial charge on any atom is -0.396 e. The van der Waals surface area contributed by atoms with Crippen LogP contribution in [-0.2, 0) is 4.74 Å². The summed E-state index contributed by atoms with van der Waals surface area (Å²) in [5, 5.41) is 22.7. The summed E-state index contributed by atoms with van der Waals surface area (Å²) in [6.07, 6.45) is 8.22. The van der Waals surface area contributed by atoms with Gasteiger partial charge in [0.1, 0.15) is 0 Å². The molecule has 3 N–H and O–H groups in total. The molecule has 5 atom stereocenters. The molecule has 0 aromatic carbocycles. The van der Waals surface area contributed by atoms with Gasteiger partial charge < -0.3 is 20.3 Å². The van der Waals surface area contributed by atoms with Crippen LogP contribution in [0, 0.1) is 11.8 Å². The summed E-state index contributed by atoms with van der Waals surface area (Å²) in [6, 6.07) is 0.364. The standard InChI is InChI=1S/C16H31NO3/c1-12-5-2-3-8-16(12)20-11-14(19)9-17-15-7-4-6-13(15)10-18/h12-19H,2-11H2,1H3. The minimum absolute atomic E-state index is 0.254. The molecule has 2 aliphatic carbocycles. The van der Waals surface area contributed by atoms with E-state index in [1.165, 1.54) is 25.7 Å². The summed E-state index contributed by atoms with van der Waals surface area (Å²) >= 11 is 0. The molecule has 2 fully saturated rings. The van der Waals surface area contributed by atoms with Crippen LogP contribution in [0.25, 0.3) is 0 Å². The van der Waals surface area contributed by atoms with Gasteiger partial charge in [-0.3, -0.25) is 0 Å². The van der Waals surface area contributed by atoms with Crippen LogP contribution in [0.2, 0.25) is 0 Å². The highest BCUT2D eigenvalue weighted by Gasteiger charge is 2.27. The Bertz CT molecular complexity index is 268. The zero-order valence-electron chi connectivity index (χ0n) is 12.8. The zero-order chi connectivity index (χ0) is 14.4. The Morgan fingerprint density at radius 3 is 2.70 bits per heavy atom. The Labute approximate surface area is 122 Å². The lowest BCUT2D eigenvalue weighted by Gasteiger charge is -2.30. The molecular weight excluding hydrogens is 254 g/mol. The summed E-state index contributed by atoms with van der Waals surface area (Å²) in [5.74, 6) is 0.985. The number of aliphatic hydroxyl groups is 2. The highest BCUT2D eigenvalue weighted by molar-refractivity contribution is 4.83. The third kappa shape index (κ3) is 4.69. The van der Waals surface area contributed by atoms with E-state index in [2.05, 4.69) is 12.2 Å².